The number of hydrogen-bond donors (Lipinski definition) is 1. The molecule has 0 heterocycles. The van der Waals surface area contributed by atoms with Crippen LogP contribution in [0, 0.1) is 11.3 Å². The number of hydrogen-bond acceptors (Lipinski definition) is 4. The molecule has 2 aromatic rings. The Balaban J connectivity index is 2.10. The Morgan fingerprint density at radius 3 is 2.62 bits per heavy atom. The van der Waals surface area contributed by atoms with Crippen LogP contribution < -0.4 is 14.8 Å². The molecule has 0 spiro atoms. The maximum atomic E-state index is 12.1. The van der Waals surface area contributed by atoms with Crippen LogP contribution in [0.25, 0.3) is 0 Å². The lowest BCUT2D eigenvalue weighted by Crippen LogP contribution is -2.20. The number of ether oxygens (including phenoxy) is 2. The lowest BCUT2D eigenvalue weighted by Gasteiger charge is -2.14. The van der Waals surface area contributed by atoms with E-state index in [1.807, 2.05) is 31.2 Å². The van der Waals surface area contributed by atoms with Gasteiger partial charge in [-0.25, -0.2) is 0 Å². The van der Waals surface area contributed by atoms with E-state index in [1.54, 1.807) is 18.2 Å². The highest BCUT2D eigenvalue weighted by atomic mass is 79.9. The summed E-state index contributed by atoms with van der Waals surface area (Å²) in [5, 5.41) is 11.8. The average Bonchev–Trinajstić information content (AvgIpc) is 2.56. The Kier molecular flexibility index (Phi) is 6.64. The maximum Gasteiger partial charge on any atom is 0.262 e. The van der Waals surface area contributed by atoms with Crippen LogP contribution in [-0.2, 0) is 4.79 Å². The van der Waals surface area contributed by atoms with Gasteiger partial charge in [-0.2, -0.15) is 5.26 Å². The lowest BCUT2D eigenvalue weighted by atomic mass is 10.2. The van der Waals surface area contributed by atoms with Gasteiger partial charge in [-0.3, -0.25) is 4.79 Å². The van der Waals surface area contributed by atoms with Crippen molar-refractivity contribution in [2.45, 2.75) is 6.92 Å². The number of amides is 1. The number of anilines is 1. The molecule has 0 aliphatic heterocycles. The first kappa shape index (κ1) is 18.3. The standard InChI is InChI=1S/C17H14Br2N2O3/c1-2-23-15-8-11(9-20)7-13(19)17(15)24-10-16(22)21-14-6-4-3-5-12(14)18/h3-8H,2,10H2,1H3,(H,21,22). The third-order valence-electron chi connectivity index (χ3n) is 2.93. The van der Waals surface area contributed by atoms with Gasteiger partial charge in [0, 0.05) is 10.5 Å². The van der Waals surface area contributed by atoms with Crippen molar-refractivity contribution in [3.05, 3.63) is 50.9 Å². The van der Waals surface area contributed by atoms with E-state index >= 15 is 0 Å². The lowest BCUT2D eigenvalue weighted by molar-refractivity contribution is -0.118. The van der Waals surface area contributed by atoms with Gasteiger partial charge in [-0.15, -0.1) is 0 Å². The van der Waals surface area contributed by atoms with Gasteiger partial charge >= 0.3 is 0 Å². The van der Waals surface area contributed by atoms with Gasteiger partial charge in [-0.1, -0.05) is 12.1 Å². The zero-order valence-corrected chi connectivity index (χ0v) is 16.0. The molecule has 0 radical (unpaired) electrons. The highest BCUT2D eigenvalue weighted by Gasteiger charge is 2.14. The van der Waals surface area contributed by atoms with Gasteiger partial charge in [0.15, 0.2) is 18.1 Å². The first-order chi connectivity index (χ1) is 11.5. The summed E-state index contributed by atoms with van der Waals surface area (Å²) in [5.41, 5.74) is 1.10. The zero-order chi connectivity index (χ0) is 17.5. The molecule has 0 atom stereocenters. The van der Waals surface area contributed by atoms with Crippen LogP contribution in [0.2, 0.25) is 0 Å². The molecular weight excluding hydrogens is 440 g/mol. The number of benzene rings is 2. The normalized spacial score (nSPS) is 9.92. The van der Waals surface area contributed by atoms with Crippen molar-refractivity contribution in [3.8, 4) is 17.6 Å². The Bertz CT molecular complexity index is 788. The molecule has 0 aliphatic carbocycles. The van der Waals surface area contributed by atoms with Crippen molar-refractivity contribution in [3.63, 3.8) is 0 Å². The fraction of sp³-hybridized carbons (Fsp3) is 0.176. The van der Waals surface area contributed by atoms with Crippen molar-refractivity contribution < 1.29 is 14.3 Å². The molecule has 2 rings (SSSR count). The number of nitriles is 1. The Morgan fingerprint density at radius 1 is 1.21 bits per heavy atom. The minimum Gasteiger partial charge on any atom is -0.490 e. The topological polar surface area (TPSA) is 71.3 Å². The van der Waals surface area contributed by atoms with Crippen molar-refractivity contribution in [2.75, 3.05) is 18.5 Å². The molecular formula is C17H14Br2N2O3. The quantitative estimate of drug-likeness (QED) is 0.698. The number of carbonyl (C=O) groups is 1. The second-order valence-electron chi connectivity index (χ2n) is 4.65. The fourth-order valence-corrected chi connectivity index (χ4v) is 2.86. The van der Waals surface area contributed by atoms with Gasteiger partial charge < -0.3 is 14.8 Å². The predicted molar refractivity (Wildman–Crippen MR) is 98.3 cm³/mol. The molecule has 2 aromatic carbocycles. The molecule has 0 saturated heterocycles. The summed E-state index contributed by atoms with van der Waals surface area (Å²) < 4.78 is 12.4. The molecule has 1 N–H and O–H groups in total. The number of halogens is 2. The first-order valence-corrected chi connectivity index (χ1v) is 8.67. The molecule has 0 aromatic heterocycles. The van der Waals surface area contributed by atoms with Crippen LogP contribution in [-0.4, -0.2) is 19.1 Å². The van der Waals surface area contributed by atoms with E-state index in [9.17, 15) is 4.79 Å². The summed E-state index contributed by atoms with van der Waals surface area (Å²) in [5.74, 6) is 0.496. The summed E-state index contributed by atoms with van der Waals surface area (Å²) >= 11 is 6.71. The molecule has 1 amide bonds. The van der Waals surface area contributed by atoms with Crippen LogP contribution in [0.4, 0.5) is 5.69 Å². The third-order valence-corrected chi connectivity index (χ3v) is 4.21. The molecule has 124 valence electrons. The number of nitrogens with one attached hydrogen (secondary N) is 1. The van der Waals surface area contributed by atoms with Gasteiger partial charge in [0.05, 0.1) is 28.4 Å². The molecule has 0 unspecified atom stereocenters. The van der Waals surface area contributed by atoms with E-state index in [0.29, 0.717) is 33.8 Å². The van der Waals surface area contributed by atoms with Crippen molar-refractivity contribution >= 4 is 43.5 Å². The van der Waals surface area contributed by atoms with Crippen LogP contribution in [0.3, 0.4) is 0 Å². The smallest absolute Gasteiger partial charge is 0.262 e. The van der Waals surface area contributed by atoms with Crippen molar-refractivity contribution in [1.29, 1.82) is 5.26 Å². The van der Waals surface area contributed by atoms with Crippen molar-refractivity contribution in [1.82, 2.24) is 0 Å². The Morgan fingerprint density at radius 2 is 1.96 bits per heavy atom. The molecule has 0 bridgehead atoms. The summed E-state index contributed by atoms with van der Waals surface area (Å²) in [6, 6.07) is 12.5. The highest BCUT2D eigenvalue weighted by Crippen LogP contribution is 2.36. The van der Waals surface area contributed by atoms with Gasteiger partial charge in [0.1, 0.15) is 0 Å². The minimum atomic E-state index is -0.305. The van der Waals surface area contributed by atoms with Gasteiger partial charge in [-0.05, 0) is 57.0 Å². The fourth-order valence-electron chi connectivity index (χ4n) is 1.92. The second kappa shape index (κ2) is 8.71. The largest absolute Gasteiger partial charge is 0.490 e. The molecule has 24 heavy (non-hydrogen) atoms. The van der Waals surface area contributed by atoms with Gasteiger partial charge in [0.2, 0.25) is 0 Å². The molecule has 0 aliphatic rings. The van der Waals surface area contributed by atoms with Gasteiger partial charge in [0.25, 0.3) is 5.91 Å². The van der Waals surface area contributed by atoms with Crippen LogP contribution in [0.1, 0.15) is 12.5 Å². The number of para-hydroxylation sites is 1. The number of rotatable bonds is 6. The molecule has 0 saturated carbocycles. The minimum absolute atomic E-state index is 0.189. The number of nitrogens with zero attached hydrogens (tertiary/aromatic N) is 1. The van der Waals surface area contributed by atoms with E-state index in [1.165, 1.54) is 0 Å². The Labute approximate surface area is 156 Å². The third kappa shape index (κ3) is 4.73. The van der Waals surface area contributed by atoms with E-state index < -0.39 is 0 Å². The monoisotopic (exact) mass is 452 g/mol. The van der Waals surface area contributed by atoms with E-state index in [2.05, 4.69) is 37.2 Å². The summed E-state index contributed by atoms with van der Waals surface area (Å²) in [6.07, 6.45) is 0. The maximum absolute atomic E-state index is 12.1. The molecule has 0 fully saturated rings. The van der Waals surface area contributed by atoms with Crippen LogP contribution in [0.5, 0.6) is 11.5 Å². The Hall–Kier alpha value is -2.04. The average molecular weight is 454 g/mol. The van der Waals surface area contributed by atoms with E-state index in [4.69, 9.17) is 14.7 Å². The summed E-state index contributed by atoms with van der Waals surface area (Å²) in [7, 11) is 0. The number of carbonyl (C=O) groups excluding carboxylic acids is 1. The second-order valence-corrected chi connectivity index (χ2v) is 6.36. The van der Waals surface area contributed by atoms with E-state index in [0.717, 1.165) is 4.47 Å². The summed E-state index contributed by atoms with van der Waals surface area (Å²) in [4.78, 5) is 12.1. The summed E-state index contributed by atoms with van der Waals surface area (Å²) in [6.45, 7) is 2.06. The van der Waals surface area contributed by atoms with Crippen LogP contribution >= 0.6 is 31.9 Å². The zero-order valence-electron chi connectivity index (χ0n) is 12.8. The molecule has 7 heteroatoms. The highest BCUT2D eigenvalue weighted by molar-refractivity contribution is 9.11. The SMILES string of the molecule is CCOc1cc(C#N)cc(Br)c1OCC(=O)Nc1ccccc1Br. The molecule has 5 nitrogen and oxygen atoms in total. The first-order valence-electron chi connectivity index (χ1n) is 7.08. The van der Waals surface area contributed by atoms with Crippen molar-refractivity contribution in [2.24, 2.45) is 0 Å². The van der Waals surface area contributed by atoms with E-state index in [-0.39, 0.29) is 12.5 Å². The predicted octanol–water partition coefficient (Wildman–Crippen LogP) is 4.50. The van der Waals surface area contributed by atoms with Crippen LogP contribution in [0.15, 0.2) is 45.3 Å².